The van der Waals surface area contributed by atoms with Crippen LogP contribution in [0, 0.1) is 13.8 Å². The number of fused-ring (bicyclic) bond motifs is 3. The van der Waals surface area contributed by atoms with E-state index in [4.69, 9.17) is 0 Å². The van der Waals surface area contributed by atoms with Gasteiger partial charge >= 0.3 is 6.18 Å². The Morgan fingerprint density at radius 3 is 2.70 bits per heavy atom. The number of thiophene rings is 1. The quantitative estimate of drug-likeness (QED) is 0.688. The van der Waals surface area contributed by atoms with Crippen LogP contribution in [0.25, 0.3) is 20.4 Å². The molecule has 0 aliphatic carbocycles. The fourth-order valence-corrected chi connectivity index (χ4v) is 3.86. The number of amides is 1. The number of nitrogens with one attached hydrogen (secondary N) is 1. The average molecular weight is 396 g/mol. The molecule has 27 heavy (non-hydrogen) atoms. The number of aryl methyl sites for hydroxylation is 2. The van der Waals surface area contributed by atoms with E-state index in [-0.39, 0.29) is 22.6 Å². The summed E-state index contributed by atoms with van der Waals surface area (Å²) in [6, 6.07) is 0.944. The van der Waals surface area contributed by atoms with Crippen molar-refractivity contribution in [1.29, 1.82) is 0 Å². The fourth-order valence-electron chi connectivity index (χ4n) is 2.72. The lowest BCUT2D eigenvalue weighted by Crippen LogP contribution is -2.33. The topological polar surface area (TPSA) is 76.9 Å². The second-order valence-electron chi connectivity index (χ2n) is 5.93. The SMILES string of the molecule is C=CCNC(=O)Cn1c(C)nc2c(sc3nc(C(F)(F)F)cc(C)c32)c1=O. The molecule has 0 aliphatic heterocycles. The molecule has 142 valence electrons. The number of aromatic nitrogens is 3. The van der Waals surface area contributed by atoms with Gasteiger partial charge in [-0.15, -0.1) is 17.9 Å². The number of nitrogens with zero attached hydrogens (tertiary/aromatic N) is 3. The molecule has 0 radical (unpaired) electrons. The Balaban J connectivity index is 2.20. The Labute approximate surface area is 155 Å². The Morgan fingerprint density at radius 1 is 1.37 bits per heavy atom. The van der Waals surface area contributed by atoms with E-state index in [9.17, 15) is 22.8 Å². The van der Waals surface area contributed by atoms with Gasteiger partial charge in [0.2, 0.25) is 5.91 Å². The van der Waals surface area contributed by atoms with E-state index in [1.165, 1.54) is 17.6 Å². The van der Waals surface area contributed by atoms with Gasteiger partial charge in [-0.3, -0.25) is 14.2 Å². The highest BCUT2D eigenvalue weighted by Gasteiger charge is 2.33. The van der Waals surface area contributed by atoms with Crippen molar-refractivity contribution >= 4 is 37.7 Å². The number of alkyl halides is 3. The summed E-state index contributed by atoms with van der Waals surface area (Å²) >= 11 is 0.846. The van der Waals surface area contributed by atoms with E-state index in [0.717, 1.165) is 17.4 Å². The molecule has 6 nitrogen and oxygen atoms in total. The van der Waals surface area contributed by atoms with Gasteiger partial charge in [0.25, 0.3) is 5.56 Å². The summed E-state index contributed by atoms with van der Waals surface area (Å²) in [4.78, 5) is 32.8. The molecule has 0 atom stereocenters. The van der Waals surface area contributed by atoms with Crippen LogP contribution in [-0.4, -0.2) is 27.0 Å². The maximum Gasteiger partial charge on any atom is 0.433 e. The smallest absolute Gasteiger partial charge is 0.351 e. The van der Waals surface area contributed by atoms with E-state index < -0.39 is 23.3 Å². The summed E-state index contributed by atoms with van der Waals surface area (Å²) in [5, 5.41) is 2.99. The first kappa shape index (κ1) is 19.0. The minimum absolute atomic E-state index is 0.0928. The normalized spacial score (nSPS) is 11.9. The third kappa shape index (κ3) is 3.44. The molecule has 3 rings (SSSR count). The second kappa shape index (κ2) is 6.76. The van der Waals surface area contributed by atoms with Crippen molar-refractivity contribution in [1.82, 2.24) is 19.9 Å². The molecule has 0 bridgehead atoms. The number of hydrogen-bond donors (Lipinski definition) is 1. The summed E-state index contributed by atoms with van der Waals surface area (Å²) in [7, 11) is 0. The highest BCUT2D eigenvalue weighted by atomic mass is 32.1. The van der Waals surface area contributed by atoms with Crippen LogP contribution in [-0.2, 0) is 17.5 Å². The molecule has 3 aromatic heterocycles. The van der Waals surface area contributed by atoms with Gasteiger partial charge in [0.1, 0.15) is 27.6 Å². The zero-order chi connectivity index (χ0) is 19.9. The van der Waals surface area contributed by atoms with Crippen molar-refractivity contribution in [3.63, 3.8) is 0 Å². The van der Waals surface area contributed by atoms with Crippen molar-refractivity contribution in [2.24, 2.45) is 0 Å². The van der Waals surface area contributed by atoms with Crippen LogP contribution in [0.4, 0.5) is 13.2 Å². The third-order valence-corrected chi connectivity index (χ3v) is 5.03. The van der Waals surface area contributed by atoms with Crippen LogP contribution >= 0.6 is 11.3 Å². The van der Waals surface area contributed by atoms with Crippen LogP contribution in [0.5, 0.6) is 0 Å². The highest BCUT2D eigenvalue weighted by molar-refractivity contribution is 7.25. The predicted octanol–water partition coefficient (Wildman–Crippen LogP) is 2.94. The Hall–Kier alpha value is -2.75. The molecule has 0 aromatic carbocycles. The fraction of sp³-hybridized carbons (Fsp3) is 0.294. The number of carbonyl (C=O) groups is 1. The number of pyridine rings is 1. The molecule has 3 heterocycles. The maximum atomic E-state index is 13.0. The number of hydrogen-bond acceptors (Lipinski definition) is 5. The predicted molar refractivity (Wildman–Crippen MR) is 96.9 cm³/mol. The molecule has 0 saturated carbocycles. The molecule has 0 unspecified atom stereocenters. The van der Waals surface area contributed by atoms with Gasteiger partial charge in [0.05, 0.1) is 5.52 Å². The van der Waals surface area contributed by atoms with Gasteiger partial charge in [0, 0.05) is 11.9 Å². The Bertz CT molecular complexity index is 1130. The van der Waals surface area contributed by atoms with Crippen molar-refractivity contribution < 1.29 is 18.0 Å². The Morgan fingerprint density at radius 2 is 2.07 bits per heavy atom. The summed E-state index contributed by atoms with van der Waals surface area (Å²) in [5.41, 5.74) is -0.854. The van der Waals surface area contributed by atoms with Gasteiger partial charge in [-0.1, -0.05) is 6.08 Å². The van der Waals surface area contributed by atoms with Crippen LogP contribution in [0.15, 0.2) is 23.5 Å². The molecule has 0 saturated heterocycles. The zero-order valence-corrected chi connectivity index (χ0v) is 15.3. The van der Waals surface area contributed by atoms with E-state index in [2.05, 4.69) is 21.9 Å². The number of carbonyl (C=O) groups excluding carboxylic acids is 1. The highest BCUT2D eigenvalue weighted by Crippen LogP contribution is 2.36. The molecule has 1 N–H and O–H groups in total. The van der Waals surface area contributed by atoms with E-state index in [0.29, 0.717) is 22.3 Å². The largest absolute Gasteiger partial charge is 0.433 e. The summed E-state index contributed by atoms with van der Waals surface area (Å²) in [5.74, 6) is -0.101. The first-order valence-electron chi connectivity index (χ1n) is 7.89. The summed E-state index contributed by atoms with van der Waals surface area (Å²) < 4.78 is 40.4. The lowest BCUT2D eigenvalue weighted by Gasteiger charge is -2.09. The minimum atomic E-state index is -4.58. The van der Waals surface area contributed by atoms with E-state index in [1.54, 1.807) is 6.92 Å². The second-order valence-corrected chi connectivity index (χ2v) is 6.92. The van der Waals surface area contributed by atoms with Gasteiger partial charge in [-0.2, -0.15) is 13.2 Å². The monoisotopic (exact) mass is 396 g/mol. The zero-order valence-electron chi connectivity index (χ0n) is 14.5. The van der Waals surface area contributed by atoms with Gasteiger partial charge in [-0.25, -0.2) is 9.97 Å². The lowest BCUT2D eigenvalue weighted by atomic mass is 10.1. The number of rotatable bonds is 4. The molecule has 0 fully saturated rings. The standard InChI is InChI=1S/C17H15F3N4O2S/c1-4-5-21-11(25)7-24-9(3)22-13-12-8(2)6-10(17(18,19)20)23-15(12)27-14(13)16(24)26/h4,6H,1,5,7H2,2-3H3,(H,21,25). The molecule has 1 amide bonds. The van der Waals surface area contributed by atoms with Crippen molar-refractivity contribution in [3.05, 3.63) is 46.2 Å². The molecular weight excluding hydrogens is 381 g/mol. The van der Waals surface area contributed by atoms with Gasteiger partial charge in [0.15, 0.2) is 0 Å². The van der Waals surface area contributed by atoms with Crippen molar-refractivity contribution in [3.8, 4) is 0 Å². The van der Waals surface area contributed by atoms with Crippen LogP contribution < -0.4 is 10.9 Å². The van der Waals surface area contributed by atoms with Crippen LogP contribution in [0.3, 0.4) is 0 Å². The molecule has 0 aliphatic rings. The van der Waals surface area contributed by atoms with Gasteiger partial charge in [-0.05, 0) is 25.5 Å². The number of halogens is 3. The van der Waals surface area contributed by atoms with Crippen LogP contribution in [0.1, 0.15) is 17.1 Å². The molecule has 3 aromatic rings. The summed E-state index contributed by atoms with van der Waals surface area (Å²) in [6.45, 7) is 6.60. The third-order valence-electron chi connectivity index (χ3n) is 3.97. The minimum Gasteiger partial charge on any atom is -0.351 e. The van der Waals surface area contributed by atoms with E-state index >= 15 is 0 Å². The lowest BCUT2D eigenvalue weighted by molar-refractivity contribution is -0.141. The van der Waals surface area contributed by atoms with Crippen LogP contribution in [0.2, 0.25) is 0 Å². The molecule has 0 spiro atoms. The van der Waals surface area contributed by atoms with Crippen molar-refractivity contribution in [2.75, 3.05) is 6.54 Å². The molecule has 10 heteroatoms. The maximum absolute atomic E-state index is 13.0. The first-order valence-corrected chi connectivity index (χ1v) is 8.71. The average Bonchev–Trinajstić information content (AvgIpc) is 2.95. The summed E-state index contributed by atoms with van der Waals surface area (Å²) in [6.07, 6.45) is -3.07. The first-order chi connectivity index (χ1) is 12.6. The van der Waals surface area contributed by atoms with Crippen molar-refractivity contribution in [2.45, 2.75) is 26.6 Å². The van der Waals surface area contributed by atoms with Gasteiger partial charge < -0.3 is 5.32 Å². The Kier molecular flexibility index (Phi) is 4.77. The molecular formula is C17H15F3N4O2S. The van der Waals surface area contributed by atoms with E-state index in [1.807, 2.05) is 0 Å².